The van der Waals surface area contributed by atoms with Gasteiger partial charge in [-0.15, -0.1) is 0 Å². The van der Waals surface area contributed by atoms with Crippen LogP contribution in [0.5, 0.6) is 0 Å². The maximum absolute atomic E-state index is 10.8. The topological polar surface area (TPSA) is 46.5 Å². The Morgan fingerprint density at radius 1 is 1.18 bits per heavy atom. The third-order valence-corrected chi connectivity index (χ3v) is 3.59. The number of carboxylic acids is 1. The van der Waals surface area contributed by atoms with Gasteiger partial charge in [0.25, 0.3) is 0 Å². The fourth-order valence-electron chi connectivity index (χ4n) is 2.45. The zero-order valence-electron chi connectivity index (χ0n) is 11.0. The van der Waals surface area contributed by atoms with Crippen molar-refractivity contribution in [2.75, 3.05) is 6.61 Å². The maximum atomic E-state index is 10.8. The second-order valence-electron chi connectivity index (χ2n) is 5.11. The molecule has 0 aliphatic heterocycles. The molecule has 1 aliphatic carbocycles. The molecule has 3 heteroatoms. The molecule has 0 bridgehead atoms. The lowest BCUT2D eigenvalue weighted by Gasteiger charge is -2.11. The van der Waals surface area contributed by atoms with Crippen molar-refractivity contribution < 1.29 is 14.6 Å². The van der Waals surface area contributed by atoms with Gasteiger partial charge in [-0.25, -0.2) is 0 Å². The Balaban J connectivity index is 1.92. The number of unbranched alkanes of at least 4 members (excludes halogenated alkanes) is 5. The lowest BCUT2D eigenvalue weighted by atomic mass is 10.1. The van der Waals surface area contributed by atoms with E-state index >= 15 is 0 Å². The first kappa shape index (κ1) is 14.5. The van der Waals surface area contributed by atoms with Gasteiger partial charge >= 0.3 is 5.97 Å². The maximum Gasteiger partial charge on any atom is 0.306 e. The van der Waals surface area contributed by atoms with Gasteiger partial charge in [0, 0.05) is 6.61 Å². The quantitative estimate of drug-likeness (QED) is 0.628. The second-order valence-corrected chi connectivity index (χ2v) is 5.11. The summed E-state index contributed by atoms with van der Waals surface area (Å²) in [6.07, 6.45) is 10.3. The Kier molecular flexibility index (Phi) is 7.25. The number of rotatable bonds is 9. The molecule has 0 saturated heterocycles. The van der Waals surface area contributed by atoms with E-state index in [0.717, 1.165) is 25.9 Å². The van der Waals surface area contributed by atoms with Crippen LogP contribution in [-0.2, 0) is 9.53 Å². The van der Waals surface area contributed by atoms with E-state index < -0.39 is 5.97 Å². The largest absolute Gasteiger partial charge is 0.481 e. The van der Waals surface area contributed by atoms with Gasteiger partial charge in [-0.2, -0.15) is 0 Å². The number of hydrogen-bond donors (Lipinski definition) is 1. The molecular formula is C14H26O3. The summed E-state index contributed by atoms with van der Waals surface area (Å²) in [6, 6.07) is 0. The van der Waals surface area contributed by atoms with E-state index in [1.807, 2.05) is 0 Å². The van der Waals surface area contributed by atoms with Gasteiger partial charge in [0.1, 0.15) is 0 Å². The summed E-state index contributed by atoms with van der Waals surface area (Å²) in [5.41, 5.74) is 0. The van der Waals surface area contributed by atoms with Crippen molar-refractivity contribution in [2.24, 2.45) is 5.92 Å². The van der Waals surface area contributed by atoms with Crippen LogP contribution >= 0.6 is 0 Å². The summed E-state index contributed by atoms with van der Waals surface area (Å²) in [6.45, 7) is 3.03. The molecule has 0 radical (unpaired) electrons. The molecule has 1 fully saturated rings. The molecule has 2 atom stereocenters. The molecule has 0 amide bonds. The fraction of sp³-hybridized carbons (Fsp3) is 0.929. The number of carbonyl (C=O) groups is 1. The van der Waals surface area contributed by atoms with Crippen LogP contribution in [0.15, 0.2) is 0 Å². The van der Waals surface area contributed by atoms with Crippen LogP contribution in [0.2, 0.25) is 0 Å². The van der Waals surface area contributed by atoms with Crippen molar-refractivity contribution in [2.45, 2.75) is 70.8 Å². The predicted octanol–water partition coefficient (Wildman–Crippen LogP) is 3.62. The molecule has 1 aliphatic rings. The van der Waals surface area contributed by atoms with Gasteiger partial charge in [-0.1, -0.05) is 39.0 Å². The van der Waals surface area contributed by atoms with Crippen molar-refractivity contribution >= 4 is 5.97 Å². The number of hydrogen-bond acceptors (Lipinski definition) is 2. The van der Waals surface area contributed by atoms with Crippen LogP contribution < -0.4 is 0 Å². The van der Waals surface area contributed by atoms with Crippen LogP contribution in [0.25, 0.3) is 0 Å². The minimum Gasteiger partial charge on any atom is -0.481 e. The standard InChI is InChI=1S/C14H26O3/c1-2-3-4-5-6-7-10-17-13-9-8-12(11-13)14(15)16/h12-13H,2-11H2,1H3,(H,15,16). The average molecular weight is 242 g/mol. The first-order chi connectivity index (χ1) is 8.24. The summed E-state index contributed by atoms with van der Waals surface area (Å²) < 4.78 is 5.73. The molecule has 1 rings (SSSR count). The van der Waals surface area contributed by atoms with Gasteiger partial charge in [0.2, 0.25) is 0 Å². The van der Waals surface area contributed by atoms with Crippen LogP contribution in [0, 0.1) is 5.92 Å². The lowest BCUT2D eigenvalue weighted by molar-refractivity contribution is -0.141. The normalized spacial score (nSPS) is 24.1. The Hall–Kier alpha value is -0.570. The van der Waals surface area contributed by atoms with Crippen molar-refractivity contribution in [1.82, 2.24) is 0 Å². The Labute approximate surface area is 105 Å². The third kappa shape index (κ3) is 6.06. The summed E-state index contributed by atoms with van der Waals surface area (Å²) >= 11 is 0. The fourth-order valence-corrected chi connectivity index (χ4v) is 2.45. The minimum absolute atomic E-state index is 0.162. The molecule has 0 spiro atoms. The summed E-state index contributed by atoms with van der Waals surface area (Å²) in [5.74, 6) is -0.819. The van der Waals surface area contributed by atoms with Crippen LogP contribution in [0.3, 0.4) is 0 Å². The molecule has 0 heterocycles. The Morgan fingerprint density at radius 3 is 2.53 bits per heavy atom. The molecule has 0 aromatic heterocycles. The zero-order chi connectivity index (χ0) is 12.5. The van der Waals surface area contributed by atoms with Crippen LogP contribution in [-0.4, -0.2) is 23.8 Å². The van der Waals surface area contributed by atoms with Crippen LogP contribution in [0.4, 0.5) is 0 Å². The van der Waals surface area contributed by atoms with Crippen molar-refractivity contribution in [1.29, 1.82) is 0 Å². The molecule has 0 aromatic rings. The monoisotopic (exact) mass is 242 g/mol. The Morgan fingerprint density at radius 2 is 1.88 bits per heavy atom. The average Bonchev–Trinajstić information content (AvgIpc) is 2.77. The number of ether oxygens (including phenoxy) is 1. The van der Waals surface area contributed by atoms with Gasteiger partial charge in [0.15, 0.2) is 0 Å². The van der Waals surface area contributed by atoms with Crippen molar-refractivity contribution in [3.8, 4) is 0 Å². The minimum atomic E-state index is -0.657. The van der Waals surface area contributed by atoms with E-state index in [9.17, 15) is 4.79 Å². The van der Waals surface area contributed by atoms with E-state index in [-0.39, 0.29) is 12.0 Å². The molecule has 2 unspecified atom stereocenters. The molecule has 1 saturated carbocycles. The summed E-state index contributed by atoms with van der Waals surface area (Å²) in [7, 11) is 0. The summed E-state index contributed by atoms with van der Waals surface area (Å²) in [4.78, 5) is 10.8. The highest BCUT2D eigenvalue weighted by Crippen LogP contribution is 2.28. The van der Waals surface area contributed by atoms with E-state index in [0.29, 0.717) is 6.42 Å². The van der Waals surface area contributed by atoms with Crippen molar-refractivity contribution in [3.63, 3.8) is 0 Å². The van der Waals surface area contributed by atoms with Gasteiger partial charge in [0.05, 0.1) is 12.0 Å². The van der Waals surface area contributed by atoms with Gasteiger partial charge < -0.3 is 9.84 Å². The highest BCUT2D eigenvalue weighted by molar-refractivity contribution is 5.70. The second kappa shape index (κ2) is 8.51. The third-order valence-electron chi connectivity index (χ3n) is 3.59. The predicted molar refractivity (Wildman–Crippen MR) is 68.1 cm³/mol. The summed E-state index contributed by atoms with van der Waals surface area (Å²) in [5, 5.41) is 8.87. The van der Waals surface area contributed by atoms with E-state index in [2.05, 4.69) is 6.92 Å². The molecule has 1 N–H and O–H groups in total. The first-order valence-electron chi connectivity index (χ1n) is 7.08. The Bertz CT molecular complexity index is 216. The highest BCUT2D eigenvalue weighted by Gasteiger charge is 2.29. The van der Waals surface area contributed by atoms with E-state index in [1.54, 1.807) is 0 Å². The first-order valence-corrected chi connectivity index (χ1v) is 7.08. The molecule has 3 nitrogen and oxygen atoms in total. The molecule has 0 aromatic carbocycles. The molecular weight excluding hydrogens is 216 g/mol. The van der Waals surface area contributed by atoms with E-state index in [4.69, 9.17) is 9.84 Å². The zero-order valence-corrected chi connectivity index (χ0v) is 11.0. The van der Waals surface area contributed by atoms with Crippen molar-refractivity contribution in [3.05, 3.63) is 0 Å². The number of carboxylic acid groups (broad SMARTS) is 1. The highest BCUT2D eigenvalue weighted by atomic mass is 16.5. The van der Waals surface area contributed by atoms with Gasteiger partial charge in [-0.05, 0) is 25.7 Å². The van der Waals surface area contributed by atoms with Crippen LogP contribution in [0.1, 0.15) is 64.7 Å². The van der Waals surface area contributed by atoms with Gasteiger partial charge in [-0.3, -0.25) is 4.79 Å². The lowest BCUT2D eigenvalue weighted by Crippen LogP contribution is -2.13. The molecule has 17 heavy (non-hydrogen) atoms. The number of aliphatic carboxylic acids is 1. The SMILES string of the molecule is CCCCCCCCOC1CCC(C(=O)O)C1. The smallest absolute Gasteiger partial charge is 0.306 e. The molecule has 100 valence electrons. The van der Waals surface area contributed by atoms with E-state index in [1.165, 1.54) is 32.1 Å².